The van der Waals surface area contributed by atoms with Crippen LogP contribution in [0.25, 0.3) is 0 Å². The first-order valence-electron chi connectivity index (χ1n) is 6.18. The molecule has 1 rings (SSSR count). The van der Waals surface area contributed by atoms with Gasteiger partial charge in [-0.2, -0.15) is 0 Å². The zero-order valence-electron chi connectivity index (χ0n) is 11.4. The summed E-state index contributed by atoms with van der Waals surface area (Å²) >= 11 is 5.92. The molecule has 0 aliphatic carbocycles. The highest BCUT2D eigenvalue weighted by atomic mass is 35.5. The number of ether oxygens (including phenoxy) is 1. The largest absolute Gasteiger partial charge is 0.366 e. The summed E-state index contributed by atoms with van der Waals surface area (Å²) in [7, 11) is 0. The van der Waals surface area contributed by atoms with Crippen LogP contribution in [0.5, 0.6) is 0 Å². The number of alkyl halides is 2. The molecule has 0 saturated heterocycles. The van der Waals surface area contributed by atoms with E-state index >= 15 is 0 Å². The van der Waals surface area contributed by atoms with Gasteiger partial charge in [0.05, 0.1) is 6.10 Å². The molecule has 0 bridgehead atoms. The molecule has 1 aromatic carbocycles. The van der Waals surface area contributed by atoms with Crippen LogP contribution >= 0.6 is 11.6 Å². The molecule has 1 unspecified atom stereocenters. The van der Waals surface area contributed by atoms with E-state index in [0.717, 1.165) is 5.56 Å². The Morgan fingerprint density at radius 3 is 2.53 bits per heavy atom. The molecule has 1 atom stereocenters. The summed E-state index contributed by atoms with van der Waals surface area (Å²) in [6.45, 7) is 5.90. The lowest BCUT2D eigenvalue weighted by atomic mass is 10.1. The minimum atomic E-state index is -2.48. The zero-order valence-corrected chi connectivity index (χ0v) is 12.2. The van der Waals surface area contributed by atoms with E-state index in [1.54, 1.807) is 18.2 Å². The van der Waals surface area contributed by atoms with Gasteiger partial charge >= 0.3 is 0 Å². The van der Waals surface area contributed by atoms with E-state index in [1.165, 1.54) is 0 Å². The van der Waals surface area contributed by atoms with Crippen molar-refractivity contribution in [3.63, 3.8) is 0 Å². The first-order valence-corrected chi connectivity index (χ1v) is 6.56. The fraction of sp³-hybridized carbons (Fsp3) is 0.571. The molecular weight excluding hydrogens is 272 g/mol. The predicted molar refractivity (Wildman–Crippen MR) is 73.9 cm³/mol. The summed E-state index contributed by atoms with van der Waals surface area (Å²) in [6.07, 6.45) is -2.91. The van der Waals surface area contributed by atoms with Crippen LogP contribution in [0.15, 0.2) is 24.3 Å². The van der Waals surface area contributed by atoms with Crippen molar-refractivity contribution >= 4 is 11.6 Å². The van der Waals surface area contributed by atoms with Crippen LogP contribution in [-0.2, 0) is 4.74 Å². The van der Waals surface area contributed by atoms with Crippen molar-refractivity contribution in [3.8, 4) is 0 Å². The van der Waals surface area contributed by atoms with Crippen molar-refractivity contribution in [1.82, 2.24) is 5.32 Å². The lowest BCUT2D eigenvalue weighted by molar-refractivity contribution is -0.0263. The van der Waals surface area contributed by atoms with Crippen LogP contribution in [0.4, 0.5) is 8.78 Å². The van der Waals surface area contributed by atoms with Gasteiger partial charge in [-0.25, -0.2) is 8.78 Å². The van der Waals surface area contributed by atoms with E-state index in [-0.39, 0.29) is 5.54 Å². The normalized spacial score (nSPS) is 13.8. The minimum Gasteiger partial charge on any atom is -0.366 e. The highest BCUT2D eigenvalue weighted by Gasteiger charge is 2.18. The van der Waals surface area contributed by atoms with E-state index in [4.69, 9.17) is 16.3 Å². The molecule has 0 heterocycles. The van der Waals surface area contributed by atoms with Crippen molar-refractivity contribution in [1.29, 1.82) is 0 Å². The third-order valence-electron chi connectivity index (χ3n) is 2.46. The number of benzene rings is 1. The van der Waals surface area contributed by atoms with Crippen LogP contribution in [-0.4, -0.2) is 25.1 Å². The van der Waals surface area contributed by atoms with Crippen molar-refractivity contribution < 1.29 is 13.5 Å². The second kappa shape index (κ2) is 7.17. The Morgan fingerprint density at radius 2 is 2.00 bits per heavy atom. The van der Waals surface area contributed by atoms with E-state index in [2.05, 4.69) is 5.32 Å². The smallest absolute Gasteiger partial charge is 0.261 e. The quantitative estimate of drug-likeness (QED) is 0.854. The Balaban J connectivity index is 2.73. The van der Waals surface area contributed by atoms with Crippen LogP contribution in [0.1, 0.15) is 32.4 Å². The Hall–Kier alpha value is -0.710. The SMILES string of the molecule is CC(C)(C)NCC(OCC(F)F)c1cccc(Cl)c1. The lowest BCUT2D eigenvalue weighted by Gasteiger charge is -2.26. The van der Waals surface area contributed by atoms with E-state index in [9.17, 15) is 8.78 Å². The number of hydrogen-bond donors (Lipinski definition) is 1. The summed E-state index contributed by atoms with van der Waals surface area (Å²) in [5, 5.41) is 3.82. The summed E-state index contributed by atoms with van der Waals surface area (Å²) in [5.74, 6) is 0. The van der Waals surface area contributed by atoms with Crippen molar-refractivity contribution in [2.45, 2.75) is 38.8 Å². The van der Waals surface area contributed by atoms with Crippen molar-refractivity contribution in [2.24, 2.45) is 0 Å². The standard InChI is InChI=1S/C14H20ClF2NO/c1-14(2,3)18-8-12(19-9-13(16)17)10-5-4-6-11(15)7-10/h4-7,12-13,18H,8-9H2,1-3H3. The van der Waals surface area contributed by atoms with Crippen molar-refractivity contribution in [2.75, 3.05) is 13.2 Å². The van der Waals surface area contributed by atoms with Crippen LogP contribution in [0, 0.1) is 0 Å². The molecule has 2 nitrogen and oxygen atoms in total. The average Bonchev–Trinajstić information content (AvgIpc) is 2.27. The van der Waals surface area contributed by atoms with Gasteiger partial charge in [0.15, 0.2) is 0 Å². The van der Waals surface area contributed by atoms with Gasteiger partial charge in [-0.3, -0.25) is 0 Å². The summed E-state index contributed by atoms with van der Waals surface area (Å²) in [5.41, 5.74) is 0.690. The van der Waals surface area contributed by atoms with E-state index in [0.29, 0.717) is 11.6 Å². The third kappa shape index (κ3) is 6.85. The maximum absolute atomic E-state index is 12.3. The molecule has 108 valence electrons. The van der Waals surface area contributed by atoms with E-state index in [1.807, 2.05) is 26.8 Å². The monoisotopic (exact) mass is 291 g/mol. The summed E-state index contributed by atoms with van der Waals surface area (Å²) in [6, 6.07) is 7.09. The Labute approximate surface area is 118 Å². The highest BCUT2D eigenvalue weighted by molar-refractivity contribution is 6.30. The molecule has 5 heteroatoms. The van der Waals surface area contributed by atoms with Crippen LogP contribution in [0.3, 0.4) is 0 Å². The van der Waals surface area contributed by atoms with Gasteiger partial charge in [-0.1, -0.05) is 23.7 Å². The van der Waals surface area contributed by atoms with Gasteiger partial charge in [0.2, 0.25) is 0 Å². The second-order valence-electron chi connectivity index (χ2n) is 5.40. The molecule has 1 aromatic rings. The first kappa shape index (κ1) is 16.3. The Morgan fingerprint density at radius 1 is 1.32 bits per heavy atom. The molecule has 0 aliphatic heterocycles. The third-order valence-corrected chi connectivity index (χ3v) is 2.70. The summed E-state index contributed by atoms with van der Waals surface area (Å²) in [4.78, 5) is 0. The maximum atomic E-state index is 12.3. The zero-order chi connectivity index (χ0) is 14.5. The Bertz CT molecular complexity index is 393. The van der Waals surface area contributed by atoms with Crippen molar-refractivity contribution in [3.05, 3.63) is 34.9 Å². The first-order chi connectivity index (χ1) is 8.78. The molecule has 0 amide bonds. The molecular formula is C14H20ClF2NO. The number of hydrogen-bond acceptors (Lipinski definition) is 2. The fourth-order valence-electron chi connectivity index (χ4n) is 1.57. The fourth-order valence-corrected chi connectivity index (χ4v) is 1.77. The van der Waals surface area contributed by atoms with Gasteiger partial charge in [0, 0.05) is 17.1 Å². The Kier molecular flexibility index (Phi) is 6.17. The molecule has 0 fully saturated rings. The highest BCUT2D eigenvalue weighted by Crippen LogP contribution is 2.21. The maximum Gasteiger partial charge on any atom is 0.261 e. The topological polar surface area (TPSA) is 21.3 Å². The molecule has 0 radical (unpaired) electrons. The van der Waals surface area contributed by atoms with Gasteiger partial charge in [-0.05, 0) is 38.5 Å². The number of halogens is 3. The molecule has 0 aliphatic rings. The second-order valence-corrected chi connectivity index (χ2v) is 5.84. The van der Waals surface area contributed by atoms with Gasteiger partial charge < -0.3 is 10.1 Å². The van der Waals surface area contributed by atoms with Crippen LogP contribution in [0.2, 0.25) is 5.02 Å². The van der Waals surface area contributed by atoms with E-state index < -0.39 is 19.1 Å². The molecule has 19 heavy (non-hydrogen) atoms. The molecule has 1 N–H and O–H groups in total. The average molecular weight is 292 g/mol. The van der Waals surface area contributed by atoms with Gasteiger partial charge in [0.25, 0.3) is 6.43 Å². The predicted octanol–water partition coefficient (Wildman–Crippen LogP) is 4.05. The minimum absolute atomic E-state index is 0.106. The lowest BCUT2D eigenvalue weighted by Crippen LogP contribution is -2.39. The molecule has 0 aromatic heterocycles. The number of nitrogens with one attached hydrogen (secondary N) is 1. The number of rotatable bonds is 6. The van der Waals surface area contributed by atoms with Crippen LogP contribution < -0.4 is 5.32 Å². The van der Waals surface area contributed by atoms with Gasteiger partial charge in [0.1, 0.15) is 6.61 Å². The molecule has 0 spiro atoms. The summed E-state index contributed by atoms with van der Waals surface area (Å²) < 4.78 is 29.9. The van der Waals surface area contributed by atoms with Gasteiger partial charge in [-0.15, -0.1) is 0 Å². The molecule has 0 saturated carbocycles.